The van der Waals surface area contributed by atoms with Crippen molar-refractivity contribution in [1.29, 1.82) is 0 Å². The van der Waals surface area contributed by atoms with Crippen LogP contribution in [0.1, 0.15) is 114 Å². The van der Waals surface area contributed by atoms with Gasteiger partial charge in [0.25, 0.3) is 11.8 Å². The van der Waals surface area contributed by atoms with Crippen molar-refractivity contribution in [3.63, 3.8) is 0 Å². The van der Waals surface area contributed by atoms with Crippen molar-refractivity contribution in [3.8, 4) is 17.2 Å². The Labute approximate surface area is 298 Å². The van der Waals surface area contributed by atoms with E-state index in [2.05, 4.69) is 22.5 Å². The third-order valence-electron chi connectivity index (χ3n) is 9.02. The average Bonchev–Trinajstić information content (AvgIpc) is 3.42. The van der Waals surface area contributed by atoms with Crippen molar-refractivity contribution >= 4 is 29.6 Å². The van der Waals surface area contributed by atoms with E-state index in [4.69, 9.17) is 9.15 Å². The molecule has 3 rings (SSSR count). The number of hydrogen-bond acceptors (Lipinski definition) is 11. The van der Waals surface area contributed by atoms with Crippen LogP contribution in [0, 0.1) is 12.8 Å². The zero-order chi connectivity index (χ0) is 37.5. The summed E-state index contributed by atoms with van der Waals surface area (Å²) in [7, 11) is 0. The third-order valence-corrected chi connectivity index (χ3v) is 9.02. The van der Waals surface area contributed by atoms with Gasteiger partial charge in [-0.2, -0.15) is 0 Å². The number of aromatic nitrogens is 1. The van der Waals surface area contributed by atoms with E-state index in [0.29, 0.717) is 55.1 Å². The maximum Gasteiger partial charge on any atom is 0.328 e. The van der Waals surface area contributed by atoms with Crippen LogP contribution in [0.3, 0.4) is 0 Å². The number of aryl methyl sites for hydroxylation is 1. The molecule has 15 heteroatoms. The fourth-order valence-corrected chi connectivity index (χ4v) is 5.84. The van der Waals surface area contributed by atoms with Gasteiger partial charge in [-0.3, -0.25) is 29.6 Å². The molecule has 2 heterocycles. The average molecular weight is 716 g/mol. The van der Waals surface area contributed by atoms with Crippen LogP contribution in [-0.2, 0) is 23.9 Å². The molecule has 1 aliphatic rings. The number of ether oxygens (including phenoxy) is 1. The first-order valence-electron chi connectivity index (χ1n) is 17.9. The molecule has 15 nitrogen and oxygen atoms in total. The van der Waals surface area contributed by atoms with E-state index in [-0.39, 0.29) is 48.2 Å². The Morgan fingerprint density at radius 3 is 2.49 bits per heavy atom. The summed E-state index contributed by atoms with van der Waals surface area (Å²) < 4.78 is 11.7. The summed E-state index contributed by atoms with van der Waals surface area (Å²) in [4.78, 5) is 69.2. The van der Waals surface area contributed by atoms with E-state index < -0.39 is 53.7 Å². The molecule has 0 saturated carbocycles. The van der Waals surface area contributed by atoms with Gasteiger partial charge < -0.3 is 24.9 Å². The summed E-state index contributed by atoms with van der Waals surface area (Å²) in [5, 5.41) is 36.7. The predicted molar refractivity (Wildman–Crippen MR) is 184 cm³/mol. The molecule has 51 heavy (non-hydrogen) atoms. The van der Waals surface area contributed by atoms with Crippen LogP contribution in [0.25, 0.3) is 11.5 Å². The maximum absolute atomic E-state index is 13.9. The molecule has 4 atom stereocenters. The van der Waals surface area contributed by atoms with Gasteiger partial charge in [0.2, 0.25) is 17.7 Å². The Hall–Kier alpha value is -4.50. The second kappa shape index (κ2) is 20.4. The number of carbonyl (C=O) groups excluding carboxylic acids is 5. The lowest BCUT2D eigenvalue weighted by Crippen LogP contribution is -2.50. The zero-order valence-electron chi connectivity index (χ0n) is 30.1. The van der Waals surface area contributed by atoms with E-state index in [1.807, 2.05) is 0 Å². The first-order chi connectivity index (χ1) is 24.3. The van der Waals surface area contributed by atoms with Crippen LogP contribution < -0.4 is 10.6 Å². The zero-order valence-corrected chi connectivity index (χ0v) is 30.1. The van der Waals surface area contributed by atoms with Gasteiger partial charge in [-0.25, -0.2) is 19.9 Å². The Balaban J connectivity index is 1.81. The molecule has 0 spiro atoms. The Morgan fingerprint density at radius 1 is 1.08 bits per heavy atom. The molecule has 0 radical (unpaired) electrons. The van der Waals surface area contributed by atoms with E-state index in [0.717, 1.165) is 25.7 Å². The lowest BCUT2D eigenvalue weighted by Gasteiger charge is -2.28. The highest BCUT2D eigenvalue weighted by molar-refractivity contribution is 5.96. The first-order valence-corrected chi connectivity index (χ1v) is 17.9. The third kappa shape index (κ3) is 12.3. The minimum atomic E-state index is -1.20. The lowest BCUT2D eigenvalue weighted by molar-refractivity contribution is -0.167. The number of phenolic OH excluding ortho intramolecular Hbond substituents is 1. The second-order valence-electron chi connectivity index (χ2n) is 13.1. The number of nitrogens with zero attached hydrogens (tertiary/aromatic N) is 3. The molecule has 1 aromatic heterocycles. The van der Waals surface area contributed by atoms with Crippen LogP contribution in [0.5, 0.6) is 5.75 Å². The summed E-state index contributed by atoms with van der Waals surface area (Å²) in [5.74, 6) is -3.93. The molecule has 1 saturated heterocycles. The molecular formula is C36H53N5O10. The molecule has 0 unspecified atom stereocenters. The first kappa shape index (κ1) is 40.9. The largest absolute Gasteiger partial charge is 0.507 e. The van der Waals surface area contributed by atoms with Gasteiger partial charge >= 0.3 is 5.97 Å². The van der Waals surface area contributed by atoms with Gasteiger partial charge in [-0.05, 0) is 70.4 Å². The Kier molecular flexibility index (Phi) is 16.3. The van der Waals surface area contributed by atoms with E-state index in [1.54, 1.807) is 25.1 Å². The fourth-order valence-electron chi connectivity index (χ4n) is 5.84. The number of oxazole rings is 1. The smallest absolute Gasteiger partial charge is 0.328 e. The Bertz CT molecular complexity index is 1480. The van der Waals surface area contributed by atoms with E-state index >= 15 is 0 Å². The maximum atomic E-state index is 13.9. The summed E-state index contributed by atoms with van der Waals surface area (Å²) in [5.41, 5.74) is 0.177. The molecule has 5 N–H and O–H groups in total. The fraction of sp³-hybridized carbons (Fsp3) is 0.611. The number of carbonyl (C=O) groups is 5. The number of esters is 1. The number of para-hydroxylation sites is 1. The number of hydrogen-bond donors (Lipinski definition) is 5. The van der Waals surface area contributed by atoms with Crippen LogP contribution in [-0.4, -0.2) is 91.5 Å². The normalized spacial score (nSPS) is 16.5. The van der Waals surface area contributed by atoms with Crippen molar-refractivity contribution in [3.05, 3.63) is 35.7 Å². The van der Waals surface area contributed by atoms with Crippen molar-refractivity contribution < 1.29 is 48.6 Å². The van der Waals surface area contributed by atoms with E-state index in [1.165, 1.54) is 19.9 Å². The van der Waals surface area contributed by atoms with Crippen LogP contribution in [0.4, 0.5) is 0 Å². The van der Waals surface area contributed by atoms with Crippen molar-refractivity contribution in [2.45, 2.75) is 123 Å². The highest BCUT2D eigenvalue weighted by atomic mass is 16.5. The van der Waals surface area contributed by atoms with E-state index in [9.17, 15) is 39.5 Å². The predicted octanol–water partition coefficient (Wildman–Crippen LogP) is 4.66. The van der Waals surface area contributed by atoms with Crippen molar-refractivity contribution in [2.24, 2.45) is 5.92 Å². The van der Waals surface area contributed by atoms with Gasteiger partial charge in [0.1, 0.15) is 29.7 Å². The number of aromatic hydroxyl groups is 1. The highest BCUT2D eigenvalue weighted by Gasteiger charge is 2.35. The number of nitrogens with one attached hydrogen (secondary N) is 2. The van der Waals surface area contributed by atoms with Gasteiger partial charge in [0.05, 0.1) is 11.5 Å². The summed E-state index contributed by atoms with van der Waals surface area (Å²) in [6.45, 7) is 6.65. The second-order valence-corrected chi connectivity index (χ2v) is 13.1. The summed E-state index contributed by atoms with van der Waals surface area (Å²) in [6, 6.07) is 4.24. The van der Waals surface area contributed by atoms with Crippen molar-refractivity contribution in [2.75, 3.05) is 13.1 Å². The summed E-state index contributed by atoms with van der Waals surface area (Å²) in [6.07, 6.45) is 6.35. The number of phenols is 1. The molecule has 0 bridgehead atoms. The number of hydroxylamine groups is 4. The molecule has 282 valence electrons. The van der Waals surface area contributed by atoms with Gasteiger partial charge in [0.15, 0.2) is 5.69 Å². The minimum Gasteiger partial charge on any atom is -0.507 e. The minimum absolute atomic E-state index is 0.0140. The standard InChI is InChI=1S/C36H53N5O10/c1-5-6-7-8-9-20-30(23(2)32(44)37-27-17-12-15-22-41(49)35(27)46)51-36(47)28(18-13-14-21-40(48)25(4)42)38-33(45)31-24(3)50-34(39-31)26-16-10-11-19-29(26)43/h10-11,16,19,23,27-28,30,43,48-49H,5-9,12-15,17-18,20-22H2,1-4H3,(H,37,44)(H,38,45)/t23-,27-,28+,30+/m1/s1. The molecular weight excluding hydrogens is 662 g/mol. The molecule has 1 fully saturated rings. The molecule has 1 aromatic carbocycles. The van der Waals surface area contributed by atoms with Gasteiger partial charge in [-0.1, -0.05) is 51.7 Å². The van der Waals surface area contributed by atoms with Crippen LogP contribution in [0.2, 0.25) is 0 Å². The van der Waals surface area contributed by atoms with Crippen LogP contribution >= 0.6 is 0 Å². The molecule has 1 aliphatic heterocycles. The topological polar surface area (TPSA) is 212 Å². The molecule has 4 amide bonds. The number of amides is 4. The SMILES string of the molecule is CCCCCCC[C@H](OC(=O)[C@H](CCCCN(O)C(C)=O)NC(=O)c1nc(-c2ccccc2O)oc1C)[C@@H](C)C(=O)N[C@@H]1CCCCN(O)C1=O. The van der Waals surface area contributed by atoms with Crippen LogP contribution in [0.15, 0.2) is 28.7 Å². The number of benzene rings is 1. The molecule has 2 aromatic rings. The monoisotopic (exact) mass is 715 g/mol. The quantitative estimate of drug-likeness (QED) is 0.0584. The summed E-state index contributed by atoms with van der Waals surface area (Å²) >= 11 is 0. The van der Waals surface area contributed by atoms with Gasteiger partial charge in [0, 0.05) is 20.0 Å². The lowest BCUT2D eigenvalue weighted by atomic mass is 9.96. The number of unbranched alkanes of at least 4 members (excludes halogenated alkanes) is 5. The highest BCUT2D eigenvalue weighted by Crippen LogP contribution is 2.29. The number of rotatable bonds is 19. The van der Waals surface area contributed by atoms with Gasteiger partial charge in [-0.15, -0.1) is 0 Å². The molecule has 0 aliphatic carbocycles. The Morgan fingerprint density at radius 2 is 1.78 bits per heavy atom. The van der Waals surface area contributed by atoms with Crippen molar-refractivity contribution in [1.82, 2.24) is 25.7 Å².